The molecule has 1 aliphatic rings. The molecular weight excluding hydrogens is 338 g/mol. The second-order valence-corrected chi connectivity index (χ2v) is 7.18. The van der Waals surface area contributed by atoms with Crippen LogP contribution in [0.2, 0.25) is 0 Å². The van der Waals surface area contributed by atoms with Gasteiger partial charge in [-0.05, 0) is 37.5 Å². The molecule has 132 valence electrons. The topological polar surface area (TPSA) is 64.9 Å². The van der Waals surface area contributed by atoms with E-state index < -0.39 is 0 Å². The van der Waals surface area contributed by atoms with Crippen molar-refractivity contribution in [2.24, 2.45) is 0 Å². The summed E-state index contributed by atoms with van der Waals surface area (Å²) >= 11 is 1.36. The van der Waals surface area contributed by atoms with Gasteiger partial charge in [0.15, 0.2) is 4.96 Å². The molecule has 1 fully saturated rings. The van der Waals surface area contributed by atoms with Crippen molar-refractivity contribution in [3.63, 3.8) is 0 Å². The van der Waals surface area contributed by atoms with Crippen LogP contribution in [0.3, 0.4) is 0 Å². The van der Waals surface area contributed by atoms with E-state index in [4.69, 9.17) is 9.47 Å². The first kappa shape index (κ1) is 16.5. The van der Waals surface area contributed by atoms with Gasteiger partial charge in [0.05, 0.1) is 23.7 Å². The Morgan fingerprint density at radius 1 is 1.52 bits per heavy atom. The molecule has 2 aromatic heterocycles. The first-order valence-electron chi connectivity index (χ1n) is 8.64. The quantitative estimate of drug-likeness (QED) is 0.686. The first-order valence-corrected chi connectivity index (χ1v) is 9.46. The Labute approximate surface area is 149 Å². The number of esters is 1. The summed E-state index contributed by atoms with van der Waals surface area (Å²) in [5.74, 6) is -0.291. The van der Waals surface area contributed by atoms with Crippen LogP contribution in [0.4, 0.5) is 0 Å². The molecule has 0 saturated carbocycles. The Hall–Kier alpha value is -1.96. The number of fused-ring (bicyclic) bond motifs is 3. The number of hydrogen-bond acceptors (Lipinski definition) is 6. The third-order valence-corrected chi connectivity index (χ3v) is 5.33. The molecular formula is C18H21N3O3S. The first-order chi connectivity index (χ1) is 12.2. The normalized spacial score (nSPS) is 17.6. The molecule has 3 aromatic rings. The molecule has 0 aliphatic carbocycles. The van der Waals surface area contributed by atoms with Crippen molar-refractivity contribution in [2.75, 3.05) is 19.8 Å². The van der Waals surface area contributed by atoms with E-state index >= 15 is 0 Å². The molecule has 7 heteroatoms. The second-order valence-electron chi connectivity index (χ2n) is 6.17. The average molecular weight is 359 g/mol. The zero-order valence-corrected chi connectivity index (χ0v) is 15.0. The number of nitrogens with zero attached hydrogens (tertiary/aromatic N) is 2. The number of nitrogens with one attached hydrogen (secondary N) is 1. The van der Waals surface area contributed by atoms with E-state index in [2.05, 4.69) is 22.4 Å². The zero-order chi connectivity index (χ0) is 17.2. The minimum atomic E-state index is -0.291. The highest BCUT2D eigenvalue weighted by molar-refractivity contribution is 7.18. The zero-order valence-electron chi connectivity index (χ0n) is 14.2. The number of carbonyl (C=O) groups is 1. The number of imidazole rings is 1. The number of hydrogen-bond donors (Lipinski definition) is 1. The monoisotopic (exact) mass is 359 g/mol. The lowest BCUT2D eigenvalue weighted by atomic mass is 10.2. The fraction of sp³-hybridized carbons (Fsp3) is 0.444. The number of benzene rings is 1. The largest absolute Gasteiger partial charge is 0.462 e. The van der Waals surface area contributed by atoms with E-state index in [1.54, 1.807) is 0 Å². The average Bonchev–Trinajstić information content (AvgIpc) is 3.31. The molecule has 25 heavy (non-hydrogen) atoms. The van der Waals surface area contributed by atoms with E-state index in [1.807, 2.05) is 23.6 Å². The lowest BCUT2D eigenvalue weighted by molar-refractivity contribution is 0.0531. The molecule has 3 heterocycles. The molecule has 1 N–H and O–H groups in total. The fourth-order valence-electron chi connectivity index (χ4n) is 3.14. The molecule has 1 atom stereocenters. The summed E-state index contributed by atoms with van der Waals surface area (Å²) in [6.45, 7) is 4.73. The van der Waals surface area contributed by atoms with Crippen LogP contribution in [-0.2, 0) is 16.0 Å². The summed E-state index contributed by atoms with van der Waals surface area (Å²) in [6.07, 6.45) is 4.46. The van der Waals surface area contributed by atoms with Gasteiger partial charge in [0.2, 0.25) is 0 Å². The van der Waals surface area contributed by atoms with E-state index in [9.17, 15) is 4.79 Å². The Kier molecular flexibility index (Phi) is 4.70. The van der Waals surface area contributed by atoms with Crippen molar-refractivity contribution >= 4 is 33.3 Å². The fourth-order valence-corrected chi connectivity index (χ4v) is 4.04. The summed E-state index contributed by atoms with van der Waals surface area (Å²) in [5, 5.41) is 3.46. The summed E-state index contributed by atoms with van der Waals surface area (Å²) in [4.78, 5) is 17.9. The predicted molar refractivity (Wildman–Crippen MR) is 97.2 cm³/mol. The van der Waals surface area contributed by atoms with Crippen LogP contribution in [-0.4, -0.2) is 41.2 Å². The highest BCUT2D eigenvalue weighted by atomic mass is 32.1. The summed E-state index contributed by atoms with van der Waals surface area (Å²) in [6, 6.07) is 6.25. The molecule has 1 saturated heterocycles. The lowest BCUT2D eigenvalue weighted by Gasteiger charge is -2.10. The third kappa shape index (κ3) is 3.40. The van der Waals surface area contributed by atoms with Crippen LogP contribution in [0.15, 0.2) is 24.4 Å². The molecule has 0 spiro atoms. The van der Waals surface area contributed by atoms with E-state index in [1.165, 1.54) is 16.9 Å². The van der Waals surface area contributed by atoms with Gasteiger partial charge in [-0.2, -0.15) is 0 Å². The molecule has 1 aliphatic heterocycles. The molecule has 4 rings (SSSR count). The van der Waals surface area contributed by atoms with Crippen molar-refractivity contribution in [3.8, 4) is 0 Å². The summed E-state index contributed by atoms with van der Waals surface area (Å²) in [7, 11) is 0. The van der Waals surface area contributed by atoms with E-state index in [0.717, 1.165) is 48.5 Å². The smallest absolute Gasteiger partial charge is 0.349 e. The maximum absolute atomic E-state index is 11.9. The Morgan fingerprint density at radius 3 is 3.24 bits per heavy atom. The predicted octanol–water partition coefficient (Wildman–Crippen LogP) is 2.99. The molecule has 0 amide bonds. The molecule has 6 nitrogen and oxygen atoms in total. The van der Waals surface area contributed by atoms with Crippen LogP contribution in [0.5, 0.6) is 0 Å². The van der Waals surface area contributed by atoms with Gasteiger partial charge in [-0.3, -0.25) is 4.40 Å². The highest BCUT2D eigenvalue weighted by Crippen LogP contribution is 2.25. The lowest BCUT2D eigenvalue weighted by Crippen LogP contribution is -2.25. The van der Waals surface area contributed by atoms with Gasteiger partial charge in [0.1, 0.15) is 4.88 Å². The molecule has 0 unspecified atom stereocenters. The van der Waals surface area contributed by atoms with Gasteiger partial charge in [-0.25, -0.2) is 9.78 Å². The van der Waals surface area contributed by atoms with Crippen LogP contribution in [0, 0.1) is 0 Å². The number of thiazole rings is 1. The minimum Gasteiger partial charge on any atom is -0.462 e. The van der Waals surface area contributed by atoms with E-state index in [0.29, 0.717) is 17.6 Å². The van der Waals surface area contributed by atoms with Crippen molar-refractivity contribution in [3.05, 3.63) is 34.8 Å². The maximum atomic E-state index is 11.9. The van der Waals surface area contributed by atoms with Gasteiger partial charge in [-0.1, -0.05) is 17.4 Å². The SMILES string of the molecule is CCOC(=O)c1cn2c(nc3ccc(CNC[C@H]4CCCO4)cc32)s1. The van der Waals surface area contributed by atoms with Gasteiger partial charge in [0.25, 0.3) is 0 Å². The molecule has 0 bridgehead atoms. The van der Waals surface area contributed by atoms with Crippen LogP contribution >= 0.6 is 11.3 Å². The highest BCUT2D eigenvalue weighted by Gasteiger charge is 2.16. The Balaban J connectivity index is 1.53. The van der Waals surface area contributed by atoms with Crippen molar-refractivity contribution in [1.29, 1.82) is 0 Å². The van der Waals surface area contributed by atoms with Gasteiger partial charge in [0, 0.05) is 25.9 Å². The molecule has 1 aromatic carbocycles. The molecule has 0 radical (unpaired) electrons. The standard InChI is InChI=1S/C18H21N3O3S/c1-2-23-17(22)16-11-21-15-8-12(5-6-14(15)20-18(21)25-16)9-19-10-13-4-3-7-24-13/h5-6,8,11,13,19H,2-4,7,9-10H2,1H3/t13-/m1/s1. The van der Waals surface area contributed by atoms with Gasteiger partial charge >= 0.3 is 5.97 Å². The summed E-state index contributed by atoms with van der Waals surface area (Å²) in [5.41, 5.74) is 3.14. The van der Waals surface area contributed by atoms with E-state index in [-0.39, 0.29) is 5.97 Å². The number of rotatable bonds is 6. The number of ether oxygens (including phenoxy) is 2. The number of carbonyl (C=O) groups excluding carboxylic acids is 1. The second kappa shape index (κ2) is 7.11. The maximum Gasteiger partial charge on any atom is 0.349 e. The van der Waals surface area contributed by atoms with Gasteiger partial charge in [-0.15, -0.1) is 0 Å². The van der Waals surface area contributed by atoms with Crippen molar-refractivity contribution in [2.45, 2.75) is 32.4 Å². The number of aromatic nitrogens is 2. The van der Waals surface area contributed by atoms with Crippen LogP contribution in [0.1, 0.15) is 35.0 Å². The van der Waals surface area contributed by atoms with Crippen molar-refractivity contribution in [1.82, 2.24) is 14.7 Å². The van der Waals surface area contributed by atoms with Crippen LogP contribution in [0.25, 0.3) is 16.0 Å². The van der Waals surface area contributed by atoms with Crippen molar-refractivity contribution < 1.29 is 14.3 Å². The third-order valence-electron chi connectivity index (χ3n) is 4.37. The Bertz CT molecular complexity index is 896. The summed E-state index contributed by atoms with van der Waals surface area (Å²) < 4.78 is 12.7. The Morgan fingerprint density at radius 2 is 2.44 bits per heavy atom. The minimum absolute atomic E-state index is 0.291. The van der Waals surface area contributed by atoms with Gasteiger partial charge < -0.3 is 14.8 Å². The van der Waals surface area contributed by atoms with Crippen LogP contribution < -0.4 is 5.32 Å².